The average Bonchev–Trinajstić information content (AvgIpc) is 2.73. The van der Waals surface area contributed by atoms with E-state index in [9.17, 15) is 18.0 Å². The maximum absolute atomic E-state index is 11.8. The van der Waals surface area contributed by atoms with Crippen LogP contribution in [0.4, 0.5) is 0 Å². The first-order chi connectivity index (χ1) is 8.62. The van der Waals surface area contributed by atoms with Gasteiger partial charge in [0.2, 0.25) is 10.0 Å². The second kappa shape index (κ2) is 5.68. The standard InChI is InChI=1S/C10H14N2O5S2/c1-5(2)8(10(14)15)12-9(13)6-3-7(18-4-6)19(11,16)17/h3-5,8H,1-2H3,(H,12,13)(H,14,15)(H2,11,16,17)/t8-/m1/s1. The molecule has 1 aromatic rings. The molecule has 0 aliphatic rings. The number of carbonyl (C=O) groups is 2. The Hall–Kier alpha value is -1.45. The van der Waals surface area contributed by atoms with Gasteiger partial charge in [0.15, 0.2) is 0 Å². The minimum Gasteiger partial charge on any atom is -0.480 e. The molecular formula is C10H14N2O5S2. The minimum absolute atomic E-state index is 0.0703. The molecule has 0 fully saturated rings. The van der Waals surface area contributed by atoms with Crippen molar-refractivity contribution in [2.45, 2.75) is 24.1 Å². The number of hydrogen-bond donors (Lipinski definition) is 3. The monoisotopic (exact) mass is 306 g/mol. The van der Waals surface area contributed by atoms with Gasteiger partial charge in [-0.25, -0.2) is 18.4 Å². The van der Waals surface area contributed by atoms with Gasteiger partial charge >= 0.3 is 5.97 Å². The lowest BCUT2D eigenvalue weighted by molar-refractivity contribution is -0.140. The summed E-state index contributed by atoms with van der Waals surface area (Å²) < 4.78 is 22.0. The van der Waals surface area contributed by atoms with Crippen molar-refractivity contribution in [2.75, 3.05) is 0 Å². The number of nitrogens with two attached hydrogens (primary N) is 1. The second-order valence-electron chi connectivity index (χ2n) is 4.23. The first kappa shape index (κ1) is 15.6. The number of carboxylic acid groups (broad SMARTS) is 1. The highest BCUT2D eigenvalue weighted by Gasteiger charge is 2.25. The van der Waals surface area contributed by atoms with Crippen LogP contribution in [0.5, 0.6) is 0 Å². The Kier molecular flexibility index (Phi) is 4.66. The Morgan fingerprint density at radius 2 is 2.00 bits per heavy atom. The zero-order valence-corrected chi connectivity index (χ0v) is 11.9. The van der Waals surface area contributed by atoms with Crippen LogP contribution in [0.2, 0.25) is 0 Å². The lowest BCUT2D eigenvalue weighted by Crippen LogP contribution is -2.44. The molecule has 0 radical (unpaired) electrons. The summed E-state index contributed by atoms with van der Waals surface area (Å²) >= 11 is 0.807. The average molecular weight is 306 g/mol. The van der Waals surface area contributed by atoms with E-state index in [0.717, 1.165) is 17.4 Å². The molecule has 1 amide bonds. The van der Waals surface area contributed by atoms with Crippen LogP contribution in [0.1, 0.15) is 24.2 Å². The van der Waals surface area contributed by atoms with E-state index in [1.807, 2.05) is 0 Å². The minimum atomic E-state index is -3.85. The summed E-state index contributed by atoms with van der Waals surface area (Å²) in [4.78, 5) is 22.7. The fourth-order valence-corrected chi connectivity index (χ4v) is 2.91. The molecule has 7 nitrogen and oxygen atoms in total. The second-order valence-corrected chi connectivity index (χ2v) is 6.93. The topological polar surface area (TPSA) is 127 Å². The van der Waals surface area contributed by atoms with E-state index in [-0.39, 0.29) is 15.7 Å². The molecule has 0 aromatic carbocycles. The number of carbonyl (C=O) groups excluding carboxylic acids is 1. The van der Waals surface area contributed by atoms with Gasteiger partial charge in [0, 0.05) is 5.38 Å². The number of sulfonamides is 1. The number of thiophene rings is 1. The maximum atomic E-state index is 11.8. The normalized spacial score (nSPS) is 13.3. The van der Waals surface area contributed by atoms with Gasteiger partial charge in [-0.3, -0.25) is 4.79 Å². The number of rotatable bonds is 5. The molecule has 4 N–H and O–H groups in total. The molecule has 1 atom stereocenters. The molecule has 19 heavy (non-hydrogen) atoms. The van der Waals surface area contributed by atoms with Crippen molar-refractivity contribution in [3.8, 4) is 0 Å². The summed E-state index contributed by atoms with van der Waals surface area (Å²) in [6, 6.07) is 0.0829. The Morgan fingerprint density at radius 3 is 2.37 bits per heavy atom. The third-order valence-corrected chi connectivity index (χ3v) is 4.72. The molecule has 106 valence electrons. The zero-order valence-electron chi connectivity index (χ0n) is 10.3. The summed E-state index contributed by atoms with van der Waals surface area (Å²) in [5, 5.41) is 17.5. The molecule has 0 aliphatic carbocycles. The van der Waals surface area contributed by atoms with Crippen molar-refractivity contribution in [3.63, 3.8) is 0 Å². The van der Waals surface area contributed by atoms with Crippen LogP contribution in [0.15, 0.2) is 15.7 Å². The quantitative estimate of drug-likeness (QED) is 0.718. The molecule has 9 heteroatoms. The molecule has 0 saturated heterocycles. The summed E-state index contributed by atoms with van der Waals surface area (Å²) in [6.45, 7) is 3.31. The number of amides is 1. The molecule has 0 spiro atoms. The van der Waals surface area contributed by atoms with Crippen molar-refractivity contribution in [1.29, 1.82) is 0 Å². The Balaban J connectivity index is 2.90. The smallest absolute Gasteiger partial charge is 0.326 e. The highest BCUT2D eigenvalue weighted by atomic mass is 32.2. The van der Waals surface area contributed by atoms with Crippen LogP contribution in [0.25, 0.3) is 0 Å². The first-order valence-corrected chi connectivity index (χ1v) is 7.70. The van der Waals surface area contributed by atoms with E-state index in [1.54, 1.807) is 13.8 Å². The van der Waals surface area contributed by atoms with Crippen LogP contribution < -0.4 is 10.5 Å². The largest absolute Gasteiger partial charge is 0.480 e. The number of nitrogens with one attached hydrogen (secondary N) is 1. The predicted octanol–water partition coefficient (Wildman–Crippen LogP) is 0.235. The van der Waals surface area contributed by atoms with Crippen LogP contribution in [-0.4, -0.2) is 31.4 Å². The highest BCUT2D eigenvalue weighted by molar-refractivity contribution is 7.91. The van der Waals surface area contributed by atoms with Gasteiger partial charge in [-0.2, -0.15) is 0 Å². The lowest BCUT2D eigenvalue weighted by atomic mass is 10.0. The molecular weight excluding hydrogens is 292 g/mol. The van der Waals surface area contributed by atoms with Gasteiger partial charge in [-0.15, -0.1) is 11.3 Å². The summed E-state index contributed by atoms with van der Waals surface area (Å²) in [5.74, 6) is -2.09. The molecule has 1 aromatic heterocycles. The van der Waals surface area contributed by atoms with Gasteiger partial charge < -0.3 is 10.4 Å². The van der Waals surface area contributed by atoms with E-state index in [1.165, 1.54) is 5.38 Å². The summed E-state index contributed by atoms with van der Waals surface area (Å²) in [5.41, 5.74) is 0.0703. The van der Waals surface area contributed by atoms with Crippen molar-refractivity contribution >= 4 is 33.2 Å². The van der Waals surface area contributed by atoms with E-state index in [2.05, 4.69) is 5.32 Å². The third-order valence-electron chi connectivity index (χ3n) is 2.34. The number of primary sulfonamides is 1. The molecule has 1 heterocycles. The first-order valence-electron chi connectivity index (χ1n) is 5.28. The predicted molar refractivity (Wildman–Crippen MR) is 69.4 cm³/mol. The van der Waals surface area contributed by atoms with Crippen molar-refractivity contribution in [3.05, 3.63) is 17.0 Å². The van der Waals surface area contributed by atoms with Gasteiger partial charge in [-0.05, 0) is 12.0 Å². The Labute approximate surface area is 114 Å². The lowest BCUT2D eigenvalue weighted by Gasteiger charge is -2.17. The Morgan fingerprint density at radius 1 is 1.42 bits per heavy atom. The van der Waals surface area contributed by atoms with E-state index >= 15 is 0 Å². The Bertz CT molecular complexity index is 591. The molecule has 1 rings (SSSR count). The van der Waals surface area contributed by atoms with Gasteiger partial charge in [0.25, 0.3) is 5.91 Å². The van der Waals surface area contributed by atoms with Crippen molar-refractivity contribution in [2.24, 2.45) is 11.1 Å². The van der Waals surface area contributed by atoms with Crippen molar-refractivity contribution in [1.82, 2.24) is 5.32 Å². The maximum Gasteiger partial charge on any atom is 0.326 e. The molecule has 0 saturated carbocycles. The SMILES string of the molecule is CC(C)[C@@H](NC(=O)c1csc(S(N)(=O)=O)c1)C(=O)O. The van der Waals surface area contributed by atoms with Crippen LogP contribution in [-0.2, 0) is 14.8 Å². The third kappa shape index (κ3) is 4.01. The van der Waals surface area contributed by atoms with Crippen molar-refractivity contribution < 1.29 is 23.1 Å². The van der Waals surface area contributed by atoms with E-state index in [4.69, 9.17) is 10.2 Å². The number of carboxylic acids is 1. The van der Waals surface area contributed by atoms with Crippen LogP contribution in [0.3, 0.4) is 0 Å². The summed E-state index contributed by atoms with van der Waals surface area (Å²) in [7, 11) is -3.85. The summed E-state index contributed by atoms with van der Waals surface area (Å²) in [6.07, 6.45) is 0. The molecule has 0 unspecified atom stereocenters. The van der Waals surface area contributed by atoms with E-state index in [0.29, 0.717) is 0 Å². The van der Waals surface area contributed by atoms with Crippen LogP contribution >= 0.6 is 11.3 Å². The molecule has 0 aliphatic heterocycles. The number of hydrogen-bond acceptors (Lipinski definition) is 5. The fraction of sp³-hybridized carbons (Fsp3) is 0.400. The zero-order chi connectivity index (χ0) is 14.8. The highest BCUT2D eigenvalue weighted by Crippen LogP contribution is 2.19. The van der Waals surface area contributed by atoms with Gasteiger partial charge in [0.05, 0.1) is 5.56 Å². The molecule has 0 bridgehead atoms. The van der Waals surface area contributed by atoms with E-state index < -0.39 is 27.9 Å². The van der Waals surface area contributed by atoms with Gasteiger partial charge in [0.1, 0.15) is 10.3 Å². The van der Waals surface area contributed by atoms with Crippen LogP contribution in [0, 0.1) is 5.92 Å². The van der Waals surface area contributed by atoms with Gasteiger partial charge in [-0.1, -0.05) is 13.8 Å². The number of aliphatic carboxylic acids is 1. The fourth-order valence-electron chi connectivity index (χ4n) is 1.32.